The number of fused-ring (bicyclic) bond motifs is 1. The van der Waals surface area contributed by atoms with E-state index in [-0.39, 0.29) is 0 Å². The van der Waals surface area contributed by atoms with Gasteiger partial charge in [0.2, 0.25) is 0 Å². The highest BCUT2D eigenvalue weighted by molar-refractivity contribution is 7.16. The van der Waals surface area contributed by atoms with Gasteiger partial charge in [-0.1, -0.05) is 109 Å². The SMILES string of the molecule is C=Cc1cc(OCCCCCCCC)c(/C=C/c2ccc(-c3ccc(-c4cccs4)c4nn(CCCCCCCC)nc34)s2)cc1OC. The Morgan fingerprint density at radius 1 is 0.729 bits per heavy atom. The Hall–Kier alpha value is -3.68. The molecule has 0 aliphatic rings. The van der Waals surface area contributed by atoms with Crippen molar-refractivity contribution in [1.29, 1.82) is 0 Å². The quantitative estimate of drug-likeness (QED) is 0.0723. The Morgan fingerprint density at radius 2 is 1.40 bits per heavy atom. The van der Waals surface area contributed by atoms with Crippen LogP contribution in [-0.4, -0.2) is 28.7 Å². The molecule has 0 aliphatic heterocycles. The molecule has 0 unspecified atom stereocenters. The molecular formula is C41H51N3O2S2. The first-order chi connectivity index (χ1) is 23.6. The lowest BCUT2D eigenvalue weighted by molar-refractivity contribution is 0.303. The highest BCUT2D eigenvalue weighted by Crippen LogP contribution is 2.39. The molecule has 254 valence electrons. The molecule has 0 radical (unpaired) electrons. The lowest BCUT2D eigenvalue weighted by Crippen LogP contribution is -2.02. The zero-order valence-electron chi connectivity index (χ0n) is 29.0. The van der Waals surface area contributed by atoms with Crippen LogP contribution < -0.4 is 9.47 Å². The van der Waals surface area contributed by atoms with Gasteiger partial charge in [-0.25, -0.2) is 0 Å². The van der Waals surface area contributed by atoms with Crippen molar-refractivity contribution in [1.82, 2.24) is 15.0 Å². The molecule has 0 aliphatic carbocycles. The van der Waals surface area contributed by atoms with Gasteiger partial charge in [-0.05, 0) is 60.7 Å². The van der Waals surface area contributed by atoms with Crippen molar-refractivity contribution < 1.29 is 9.47 Å². The zero-order valence-corrected chi connectivity index (χ0v) is 30.6. The van der Waals surface area contributed by atoms with E-state index in [0.29, 0.717) is 6.61 Å². The highest BCUT2D eigenvalue weighted by atomic mass is 32.1. The van der Waals surface area contributed by atoms with E-state index in [9.17, 15) is 0 Å². The number of hydrogen-bond donors (Lipinski definition) is 0. The van der Waals surface area contributed by atoms with Crippen molar-refractivity contribution in [3.63, 3.8) is 0 Å². The first kappa shape index (κ1) is 35.6. The van der Waals surface area contributed by atoms with E-state index in [1.807, 2.05) is 23.0 Å². The molecule has 7 heteroatoms. The topological polar surface area (TPSA) is 49.2 Å². The predicted molar refractivity (Wildman–Crippen MR) is 208 cm³/mol. The van der Waals surface area contributed by atoms with Crippen LogP contribution in [0.3, 0.4) is 0 Å². The van der Waals surface area contributed by atoms with Crippen LogP contribution >= 0.6 is 22.7 Å². The molecule has 5 rings (SSSR count). The molecule has 3 aromatic heterocycles. The summed E-state index contributed by atoms with van der Waals surface area (Å²) in [5.41, 5.74) is 6.17. The number of ether oxygens (including phenoxy) is 2. The third-order valence-electron chi connectivity index (χ3n) is 8.74. The number of benzene rings is 2. The van der Waals surface area contributed by atoms with Crippen molar-refractivity contribution in [3.05, 3.63) is 76.5 Å². The second-order valence-corrected chi connectivity index (χ2v) is 14.4. The first-order valence-electron chi connectivity index (χ1n) is 17.8. The third-order valence-corrected chi connectivity index (χ3v) is 10.7. The van der Waals surface area contributed by atoms with Crippen LogP contribution in [0, 0.1) is 0 Å². The van der Waals surface area contributed by atoms with Crippen molar-refractivity contribution >= 4 is 51.9 Å². The zero-order chi connectivity index (χ0) is 33.6. The smallest absolute Gasteiger partial charge is 0.127 e. The van der Waals surface area contributed by atoms with E-state index in [1.165, 1.54) is 74.0 Å². The number of aromatic nitrogens is 3. The summed E-state index contributed by atoms with van der Waals surface area (Å²) < 4.78 is 12.0. The molecule has 0 fully saturated rings. The standard InChI is InChI=1S/C41H51N3O2S2/c1-5-8-10-12-14-16-26-44-42-40-34(38-19-18-28-47-38)23-24-35(41(40)43-44)39-25-22-33(48-39)21-20-32-30-36(45-4)31(7-3)29-37(32)46-27-17-15-13-11-9-6-2/h7,18-25,28-30H,3,5-6,8-17,26-27H2,1-2,4H3/b21-20+. The average molecular weight is 682 g/mol. The predicted octanol–water partition coefficient (Wildman–Crippen LogP) is 12.8. The molecule has 5 aromatic rings. The van der Waals surface area contributed by atoms with Gasteiger partial charge in [0, 0.05) is 36.9 Å². The van der Waals surface area contributed by atoms with Gasteiger partial charge in [-0.15, -0.1) is 22.7 Å². The molecule has 0 saturated heterocycles. The Balaban J connectivity index is 1.36. The summed E-state index contributed by atoms with van der Waals surface area (Å²) in [5.74, 6) is 1.65. The molecule has 2 aromatic carbocycles. The molecule has 5 nitrogen and oxygen atoms in total. The van der Waals surface area contributed by atoms with Gasteiger partial charge in [-0.2, -0.15) is 15.0 Å². The molecule has 0 amide bonds. The van der Waals surface area contributed by atoms with Crippen molar-refractivity contribution in [2.45, 2.75) is 97.4 Å². The van der Waals surface area contributed by atoms with Crippen LogP contribution in [0.4, 0.5) is 0 Å². The summed E-state index contributed by atoms with van der Waals surface area (Å²) in [5, 5.41) is 12.2. The van der Waals surface area contributed by atoms with E-state index in [2.05, 4.69) is 74.4 Å². The maximum absolute atomic E-state index is 6.33. The molecule has 48 heavy (non-hydrogen) atoms. The Bertz CT molecular complexity index is 1750. The van der Waals surface area contributed by atoms with Crippen LogP contribution in [0.2, 0.25) is 0 Å². The van der Waals surface area contributed by atoms with Crippen LogP contribution in [0.15, 0.2) is 60.5 Å². The molecule has 0 N–H and O–H groups in total. The van der Waals surface area contributed by atoms with Gasteiger partial charge in [0.25, 0.3) is 0 Å². The summed E-state index contributed by atoms with van der Waals surface area (Å²) in [7, 11) is 1.70. The lowest BCUT2D eigenvalue weighted by Gasteiger charge is -2.13. The van der Waals surface area contributed by atoms with E-state index >= 15 is 0 Å². The molecule has 0 atom stereocenters. The maximum atomic E-state index is 6.33. The summed E-state index contributed by atoms with van der Waals surface area (Å²) in [6.45, 7) is 10.0. The Morgan fingerprint density at radius 3 is 2.06 bits per heavy atom. The van der Waals surface area contributed by atoms with Crippen molar-refractivity contribution in [3.8, 4) is 32.4 Å². The van der Waals surface area contributed by atoms with E-state index in [4.69, 9.17) is 19.7 Å². The van der Waals surface area contributed by atoms with Gasteiger partial charge in [0.05, 0.1) is 20.3 Å². The van der Waals surface area contributed by atoms with E-state index < -0.39 is 0 Å². The van der Waals surface area contributed by atoms with Crippen LogP contribution in [-0.2, 0) is 6.54 Å². The van der Waals surface area contributed by atoms with Crippen molar-refractivity contribution in [2.75, 3.05) is 13.7 Å². The number of rotatable bonds is 21. The van der Waals surface area contributed by atoms with Crippen molar-refractivity contribution in [2.24, 2.45) is 0 Å². The minimum Gasteiger partial charge on any atom is -0.496 e. The summed E-state index contributed by atoms with van der Waals surface area (Å²) in [6, 6.07) is 17.2. The third kappa shape index (κ3) is 9.48. The van der Waals surface area contributed by atoms with Gasteiger partial charge >= 0.3 is 0 Å². The van der Waals surface area contributed by atoms with Gasteiger partial charge in [0.15, 0.2) is 0 Å². The molecule has 3 heterocycles. The normalized spacial score (nSPS) is 11.6. The Labute approximate surface area is 295 Å². The number of unbranched alkanes of at least 4 members (excludes halogenated alkanes) is 10. The largest absolute Gasteiger partial charge is 0.496 e. The number of thiophene rings is 2. The fraction of sp³-hybridized carbons (Fsp3) is 0.415. The Kier molecular flexibility index (Phi) is 13.9. The number of methoxy groups -OCH3 is 1. The highest BCUT2D eigenvalue weighted by Gasteiger charge is 2.17. The number of hydrogen-bond acceptors (Lipinski definition) is 6. The second kappa shape index (κ2) is 18.8. The van der Waals surface area contributed by atoms with Gasteiger partial charge in [0.1, 0.15) is 22.5 Å². The molecule has 0 bridgehead atoms. The second-order valence-electron chi connectivity index (χ2n) is 12.4. The average Bonchev–Trinajstić information content (AvgIpc) is 3.90. The summed E-state index contributed by atoms with van der Waals surface area (Å²) >= 11 is 3.51. The monoisotopic (exact) mass is 681 g/mol. The number of nitrogens with zero attached hydrogens (tertiary/aromatic N) is 3. The van der Waals surface area contributed by atoms with Crippen LogP contribution in [0.5, 0.6) is 11.5 Å². The fourth-order valence-electron chi connectivity index (χ4n) is 6.00. The maximum Gasteiger partial charge on any atom is 0.127 e. The summed E-state index contributed by atoms with van der Waals surface area (Å²) in [4.78, 5) is 5.49. The summed E-state index contributed by atoms with van der Waals surface area (Å²) in [6.07, 6.45) is 21.0. The van der Waals surface area contributed by atoms with Crippen LogP contribution in [0.25, 0.3) is 50.1 Å². The van der Waals surface area contributed by atoms with Gasteiger partial charge < -0.3 is 9.47 Å². The van der Waals surface area contributed by atoms with E-state index in [1.54, 1.807) is 29.8 Å². The minimum atomic E-state index is 0.704. The minimum absolute atomic E-state index is 0.704. The fourth-order valence-corrected chi connectivity index (χ4v) is 7.69. The molecule has 0 spiro atoms. The first-order valence-corrected chi connectivity index (χ1v) is 19.5. The lowest BCUT2D eigenvalue weighted by atomic mass is 10.1. The van der Waals surface area contributed by atoms with Crippen LogP contribution in [0.1, 0.15) is 107 Å². The number of aryl methyl sites for hydroxylation is 1. The molecule has 0 saturated carbocycles. The van der Waals surface area contributed by atoms with E-state index in [0.717, 1.165) is 69.0 Å². The molecular weight excluding hydrogens is 631 g/mol. The van der Waals surface area contributed by atoms with Gasteiger partial charge in [-0.3, -0.25) is 0 Å².